The number of hydrogen-bond donors (Lipinski definition) is 3. The van der Waals surface area contributed by atoms with Gasteiger partial charge in [0.1, 0.15) is 0 Å². The number of aromatic amines is 1. The van der Waals surface area contributed by atoms with Gasteiger partial charge >= 0.3 is 0 Å². The average Bonchev–Trinajstić information content (AvgIpc) is 2.99. The molecule has 1 aromatic heterocycles. The van der Waals surface area contributed by atoms with Crippen molar-refractivity contribution in [3.8, 4) is 0 Å². The number of benzene rings is 2. The fourth-order valence-corrected chi connectivity index (χ4v) is 2.82. The van der Waals surface area contributed by atoms with Crippen LogP contribution in [0, 0.1) is 0 Å². The van der Waals surface area contributed by atoms with Crippen molar-refractivity contribution in [1.29, 1.82) is 0 Å². The second-order valence-corrected chi connectivity index (χ2v) is 6.33. The highest BCUT2D eigenvalue weighted by molar-refractivity contribution is 6.35. The third-order valence-corrected chi connectivity index (χ3v) is 4.24. The van der Waals surface area contributed by atoms with Crippen LogP contribution in [0.3, 0.4) is 0 Å². The van der Waals surface area contributed by atoms with Crippen LogP contribution >= 0.6 is 23.2 Å². The lowest BCUT2D eigenvalue weighted by Crippen LogP contribution is -2.33. The Bertz CT molecular complexity index is 937. The number of aromatic nitrogens is 1. The number of rotatable bonds is 5. The molecule has 2 amide bonds. The number of H-pyrrole nitrogens is 1. The number of anilines is 1. The molecule has 3 N–H and O–H groups in total. The van der Waals surface area contributed by atoms with E-state index >= 15 is 0 Å². The summed E-state index contributed by atoms with van der Waals surface area (Å²) in [6, 6.07) is 12.5. The van der Waals surface area contributed by atoms with Crippen LogP contribution in [0.25, 0.3) is 10.9 Å². The summed E-state index contributed by atoms with van der Waals surface area (Å²) in [5, 5.41) is 7.05. The molecule has 2 aromatic carbocycles. The van der Waals surface area contributed by atoms with Gasteiger partial charge in [0.05, 0.1) is 23.7 Å². The van der Waals surface area contributed by atoms with Crippen LogP contribution in [0.2, 0.25) is 10.0 Å². The van der Waals surface area contributed by atoms with Crippen molar-refractivity contribution in [2.75, 3.05) is 11.9 Å². The molecule has 0 saturated carbocycles. The molecule has 3 rings (SSSR count). The van der Waals surface area contributed by atoms with Gasteiger partial charge in [0.15, 0.2) is 0 Å². The van der Waals surface area contributed by atoms with Gasteiger partial charge in [-0.25, -0.2) is 0 Å². The van der Waals surface area contributed by atoms with E-state index in [1.54, 1.807) is 24.4 Å². The van der Waals surface area contributed by atoms with Crippen molar-refractivity contribution in [2.45, 2.75) is 6.42 Å². The van der Waals surface area contributed by atoms with Crippen LogP contribution in [0.5, 0.6) is 0 Å². The van der Waals surface area contributed by atoms with Crippen molar-refractivity contribution < 1.29 is 9.59 Å². The van der Waals surface area contributed by atoms with E-state index in [2.05, 4.69) is 15.6 Å². The zero-order valence-electron chi connectivity index (χ0n) is 13.1. The van der Waals surface area contributed by atoms with Crippen molar-refractivity contribution in [3.63, 3.8) is 0 Å². The predicted octanol–water partition coefficient (Wildman–Crippen LogP) is 3.77. The molecule has 5 nitrogen and oxygen atoms in total. The van der Waals surface area contributed by atoms with E-state index in [1.165, 1.54) is 0 Å². The zero-order chi connectivity index (χ0) is 17.8. The number of amides is 2. The molecule has 128 valence electrons. The minimum Gasteiger partial charge on any atom is -0.361 e. The molecule has 0 aliphatic rings. The second kappa shape index (κ2) is 7.59. The van der Waals surface area contributed by atoms with E-state index in [0.717, 1.165) is 16.5 Å². The Balaban J connectivity index is 1.55. The predicted molar refractivity (Wildman–Crippen MR) is 100 cm³/mol. The number of carbonyl (C=O) groups excluding carboxylic acids is 2. The first-order valence-corrected chi connectivity index (χ1v) is 8.35. The van der Waals surface area contributed by atoms with Gasteiger partial charge < -0.3 is 15.6 Å². The van der Waals surface area contributed by atoms with Gasteiger partial charge in [-0.3, -0.25) is 9.59 Å². The van der Waals surface area contributed by atoms with Gasteiger partial charge in [-0.2, -0.15) is 0 Å². The van der Waals surface area contributed by atoms with Crippen LogP contribution in [0.4, 0.5) is 5.69 Å². The van der Waals surface area contributed by atoms with E-state index in [1.807, 2.05) is 24.3 Å². The Morgan fingerprint density at radius 3 is 2.68 bits per heavy atom. The Morgan fingerprint density at radius 1 is 1.04 bits per heavy atom. The van der Waals surface area contributed by atoms with Gasteiger partial charge in [-0.15, -0.1) is 0 Å². The highest BCUT2D eigenvalue weighted by Crippen LogP contribution is 2.25. The van der Waals surface area contributed by atoms with Gasteiger partial charge in [0.25, 0.3) is 0 Å². The summed E-state index contributed by atoms with van der Waals surface area (Å²) in [4.78, 5) is 27.2. The molecule has 0 bridgehead atoms. The van der Waals surface area contributed by atoms with Crippen LogP contribution in [0.1, 0.15) is 5.56 Å². The molecule has 0 spiro atoms. The quantitative estimate of drug-likeness (QED) is 0.634. The molecule has 0 aliphatic heterocycles. The first kappa shape index (κ1) is 17.3. The minimum atomic E-state index is -0.378. The van der Waals surface area contributed by atoms with Crippen molar-refractivity contribution >= 4 is 51.6 Å². The first-order valence-electron chi connectivity index (χ1n) is 7.59. The molecular formula is C18H15Cl2N3O2. The Morgan fingerprint density at radius 2 is 1.84 bits per heavy atom. The molecule has 25 heavy (non-hydrogen) atoms. The Kier molecular flexibility index (Phi) is 5.26. The highest BCUT2D eigenvalue weighted by Gasteiger charge is 2.11. The topological polar surface area (TPSA) is 74.0 Å². The molecule has 0 radical (unpaired) electrons. The van der Waals surface area contributed by atoms with Crippen LogP contribution in [-0.4, -0.2) is 23.3 Å². The number of carbonyl (C=O) groups is 2. The maximum Gasteiger partial charge on any atom is 0.243 e. The van der Waals surface area contributed by atoms with Gasteiger partial charge in [-0.05, 0) is 29.8 Å². The molecule has 1 heterocycles. The Hall–Kier alpha value is -2.50. The summed E-state index contributed by atoms with van der Waals surface area (Å²) in [5.74, 6) is -0.617. The molecule has 7 heteroatoms. The van der Waals surface area contributed by atoms with E-state index in [4.69, 9.17) is 23.2 Å². The summed E-state index contributed by atoms with van der Waals surface area (Å²) < 4.78 is 0. The standard InChI is InChI=1S/C18H15Cl2N3O2/c19-12-5-6-14(20)16(8-12)23-18(25)10-22-17(24)7-11-9-21-15-4-2-1-3-13(11)15/h1-6,8-9,21H,7,10H2,(H,22,24)(H,23,25). The van der Waals surface area contributed by atoms with E-state index in [0.29, 0.717) is 15.7 Å². The third kappa shape index (κ3) is 4.32. The lowest BCUT2D eigenvalue weighted by Gasteiger charge is -2.08. The summed E-state index contributed by atoms with van der Waals surface area (Å²) in [5.41, 5.74) is 2.26. The zero-order valence-corrected chi connectivity index (χ0v) is 14.6. The molecule has 0 atom stereocenters. The third-order valence-electron chi connectivity index (χ3n) is 3.67. The van der Waals surface area contributed by atoms with E-state index in [9.17, 15) is 9.59 Å². The lowest BCUT2D eigenvalue weighted by molar-refractivity contribution is -0.123. The SMILES string of the molecule is O=C(Cc1c[nH]c2ccccc12)NCC(=O)Nc1cc(Cl)ccc1Cl. The van der Waals surface area contributed by atoms with Gasteiger partial charge in [-0.1, -0.05) is 41.4 Å². The maximum atomic E-state index is 12.1. The van der Waals surface area contributed by atoms with Crippen LogP contribution < -0.4 is 10.6 Å². The van der Waals surface area contributed by atoms with Crippen molar-refractivity contribution in [3.05, 3.63) is 64.3 Å². The summed E-state index contributed by atoms with van der Waals surface area (Å²) >= 11 is 11.9. The van der Waals surface area contributed by atoms with Crippen molar-refractivity contribution in [1.82, 2.24) is 10.3 Å². The summed E-state index contributed by atoms with van der Waals surface area (Å²) in [6.07, 6.45) is 1.99. The fraction of sp³-hybridized carbons (Fsp3) is 0.111. The van der Waals surface area contributed by atoms with Gasteiger partial charge in [0, 0.05) is 22.1 Å². The summed E-state index contributed by atoms with van der Waals surface area (Å²) in [6.45, 7) is -0.149. The first-order chi connectivity index (χ1) is 12.0. The Labute approximate surface area is 154 Å². The lowest BCUT2D eigenvalue weighted by atomic mass is 10.1. The molecule has 0 aliphatic carbocycles. The van der Waals surface area contributed by atoms with Gasteiger partial charge in [0.2, 0.25) is 11.8 Å². The number of para-hydroxylation sites is 1. The molecule has 0 unspecified atom stereocenters. The highest BCUT2D eigenvalue weighted by atomic mass is 35.5. The van der Waals surface area contributed by atoms with Crippen LogP contribution in [0.15, 0.2) is 48.7 Å². The molecule has 0 fully saturated rings. The van der Waals surface area contributed by atoms with E-state index < -0.39 is 0 Å². The molecule has 0 saturated heterocycles. The molecule has 3 aromatic rings. The smallest absolute Gasteiger partial charge is 0.243 e. The average molecular weight is 376 g/mol. The largest absolute Gasteiger partial charge is 0.361 e. The van der Waals surface area contributed by atoms with E-state index in [-0.39, 0.29) is 24.8 Å². The number of nitrogens with one attached hydrogen (secondary N) is 3. The minimum absolute atomic E-state index is 0.149. The van der Waals surface area contributed by atoms with Crippen molar-refractivity contribution in [2.24, 2.45) is 0 Å². The number of halogens is 2. The second-order valence-electron chi connectivity index (χ2n) is 5.49. The van der Waals surface area contributed by atoms with Crippen LogP contribution in [-0.2, 0) is 16.0 Å². The monoisotopic (exact) mass is 375 g/mol. The maximum absolute atomic E-state index is 12.1. The normalized spacial score (nSPS) is 10.6. The summed E-state index contributed by atoms with van der Waals surface area (Å²) in [7, 11) is 0. The number of fused-ring (bicyclic) bond motifs is 1. The fourth-order valence-electron chi connectivity index (χ4n) is 2.48. The molecular weight excluding hydrogens is 361 g/mol. The number of hydrogen-bond acceptors (Lipinski definition) is 2.